The van der Waals surface area contributed by atoms with Crippen LogP contribution in [0.3, 0.4) is 0 Å². The summed E-state index contributed by atoms with van der Waals surface area (Å²) < 4.78 is 30.1. The average Bonchev–Trinajstić information content (AvgIpc) is 3.03. The molecule has 0 aliphatic heterocycles. The van der Waals surface area contributed by atoms with Gasteiger partial charge in [0.1, 0.15) is 11.4 Å². The monoisotopic (exact) mass is 478 g/mol. The van der Waals surface area contributed by atoms with Gasteiger partial charge in [0.15, 0.2) is 11.6 Å². The first kappa shape index (κ1) is 24.2. The summed E-state index contributed by atoms with van der Waals surface area (Å²) in [7, 11) is 0. The number of benzene rings is 2. The van der Waals surface area contributed by atoms with Crippen LogP contribution in [0.2, 0.25) is 5.02 Å². The third-order valence-corrected chi connectivity index (χ3v) is 5.81. The number of nitrogens with zero attached hydrogens (tertiary/aromatic N) is 1. The van der Waals surface area contributed by atoms with Crippen molar-refractivity contribution in [1.82, 2.24) is 9.88 Å². The molecule has 1 heterocycles. The van der Waals surface area contributed by atoms with Crippen molar-refractivity contribution in [2.75, 3.05) is 0 Å². The Hall–Kier alpha value is -3.46. The third kappa shape index (κ3) is 4.16. The second-order valence-corrected chi connectivity index (χ2v) is 8.61. The molecule has 0 spiro atoms. The van der Waals surface area contributed by atoms with Gasteiger partial charge in [-0.2, -0.15) is 0 Å². The molecule has 0 aliphatic rings. The predicted molar refractivity (Wildman–Crippen MR) is 118 cm³/mol. The summed E-state index contributed by atoms with van der Waals surface area (Å²) in [6.45, 7) is 5.49. The summed E-state index contributed by atoms with van der Waals surface area (Å²) >= 11 is 5.69. The highest BCUT2D eigenvalue weighted by Crippen LogP contribution is 2.37. The van der Waals surface area contributed by atoms with Crippen molar-refractivity contribution in [3.63, 3.8) is 0 Å². The summed E-state index contributed by atoms with van der Waals surface area (Å²) in [6, 6.07) is 5.83. The van der Waals surface area contributed by atoms with Crippen LogP contribution in [0.1, 0.15) is 48.3 Å². The molecule has 0 aliphatic carbocycles. The zero-order valence-corrected chi connectivity index (χ0v) is 18.9. The summed E-state index contributed by atoms with van der Waals surface area (Å²) in [4.78, 5) is 37.5. The number of aromatic nitrogens is 1. The zero-order chi connectivity index (χ0) is 24.8. The molecule has 1 aromatic heterocycles. The van der Waals surface area contributed by atoms with Crippen LogP contribution in [0.4, 0.5) is 8.78 Å². The number of amides is 1. The first-order chi connectivity index (χ1) is 15.3. The largest absolute Gasteiger partial charge is 0.505 e. The van der Waals surface area contributed by atoms with Gasteiger partial charge < -0.3 is 15.5 Å². The number of aromatic hydroxyl groups is 1. The Morgan fingerprint density at radius 2 is 1.79 bits per heavy atom. The standard InChI is InChI=1S/C23H21ClF2N2O5/c1-10(20(30)27-23(3,4)22(32)33)17-11(2)28(15-7-8-16(29)19(26)18(15)17)21(31)12-5-6-13(24)14(25)9-12/h5-10,29H,1-4H3,(H,27,30)(H,32,33). The number of carboxylic acid groups (broad SMARTS) is 1. The van der Waals surface area contributed by atoms with Gasteiger partial charge >= 0.3 is 5.97 Å². The molecule has 0 bridgehead atoms. The van der Waals surface area contributed by atoms with Crippen LogP contribution >= 0.6 is 11.6 Å². The molecule has 10 heteroatoms. The number of hydrogen-bond donors (Lipinski definition) is 3. The Labute approximate surface area is 192 Å². The fourth-order valence-corrected chi connectivity index (χ4v) is 3.75. The number of carbonyl (C=O) groups is 3. The van der Waals surface area contributed by atoms with E-state index >= 15 is 4.39 Å². The quantitative estimate of drug-likeness (QED) is 0.505. The molecule has 174 valence electrons. The smallest absolute Gasteiger partial charge is 0.328 e. The van der Waals surface area contributed by atoms with E-state index in [0.717, 1.165) is 16.7 Å². The minimum atomic E-state index is -1.60. The number of hydrogen-bond acceptors (Lipinski definition) is 4. The van der Waals surface area contributed by atoms with E-state index in [-0.39, 0.29) is 32.7 Å². The molecule has 2 aromatic carbocycles. The predicted octanol–water partition coefficient (Wildman–Crippen LogP) is 4.36. The van der Waals surface area contributed by atoms with Crippen LogP contribution in [-0.2, 0) is 9.59 Å². The highest BCUT2D eigenvalue weighted by molar-refractivity contribution is 6.30. The Morgan fingerprint density at radius 3 is 2.36 bits per heavy atom. The normalized spacial score (nSPS) is 12.6. The number of rotatable bonds is 5. The minimum absolute atomic E-state index is 0.0512. The lowest BCUT2D eigenvalue weighted by molar-refractivity contribution is -0.146. The molecule has 1 atom stereocenters. The highest BCUT2D eigenvalue weighted by atomic mass is 35.5. The van der Waals surface area contributed by atoms with Crippen molar-refractivity contribution in [1.29, 1.82) is 0 Å². The SMILES string of the molecule is Cc1c(C(C)C(=O)NC(C)(C)C(=O)O)c2c(F)c(O)ccc2n1C(=O)c1ccc(Cl)c(F)c1. The fraction of sp³-hybridized carbons (Fsp3) is 0.261. The molecular weight excluding hydrogens is 458 g/mol. The molecule has 0 saturated heterocycles. The first-order valence-corrected chi connectivity index (χ1v) is 10.2. The van der Waals surface area contributed by atoms with E-state index in [2.05, 4.69) is 5.32 Å². The van der Waals surface area contributed by atoms with Crippen LogP contribution in [0.25, 0.3) is 10.9 Å². The maximum absolute atomic E-state index is 15.0. The number of aliphatic carboxylic acids is 1. The molecule has 0 radical (unpaired) electrons. The molecular formula is C23H21ClF2N2O5. The summed E-state index contributed by atoms with van der Waals surface area (Å²) in [5.41, 5.74) is -1.36. The number of nitrogens with one attached hydrogen (secondary N) is 1. The number of carboxylic acids is 1. The van der Waals surface area contributed by atoms with Crippen molar-refractivity contribution in [2.45, 2.75) is 39.2 Å². The van der Waals surface area contributed by atoms with Gasteiger partial charge in [-0.1, -0.05) is 11.6 Å². The van der Waals surface area contributed by atoms with Gasteiger partial charge in [0.25, 0.3) is 5.91 Å². The Kier molecular flexibility index (Phi) is 6.21. The van der Waals surface area contributed by atoms with Crippen LogP contribution in [0, 0.1) is 18.6 Å². The van der Waals surface area contributed by atoms with E-state index in [1.807, 2.05) is 0 Å². The topological polar surface area (TPSA) is 109 Å². The van der Waals surface area contributed by atoms with E-state index < -0.39 is 46.6 Å². The summed E-state index contributed by atoms with van der Waals surface area (Å²) in [5, 5.41) is 21.3. The lowest BCUT2D eigenvalue weighted by Gasteiger charge is -2.23. The molecule has 7 nitrogen and oxygen atoms in total. The van der Waals surface area contributed by atoms with E-state index in [0.29, 0.717) is 0 Å². The molecule has 33 heavy (non-hydrogen) atoms. The second-order valence-electron chi connectivity index (χ2n) is 8.20. The second kappa shape index (κ2) is 8.47. The third-order valence-electron chi connectivity index (χ3n) is 5.50. The Bertz CT molecular complexity index is 1320. The summed E-state index contributed by atoms with van der Waals surface area (Å²) in [6.07, 6.45) is 0. The van der Waals surface area contributed by atoms with Crippen molar-refractivity contribution in [3.8, 4) is 5.75 Å². The maximum atomic E-state index is 15.0. The van der Waals surface area contributed by atoms with Gasteiger partial charge in [-0.15, -0.1) is 0 Å². The van der Waals surface area contributed by atoms with E-state index in [1.54, 1.807) is 0 Å². The molecule has 3 aromatic rings. The first-order valence-electron chi connectivity index (χ1n) is 9.85. The van der Waals surface area contributed by atoms with Gasteiger partial charge in [-0.3, -0.25) is 14.2 Å². The molecule has 0 saturated carbocycles. The van der Waals surface area contributed by atoms with Crippen molar-refractivity contribution in [2.24, 2.45) is 0 Å². The van der Waals surface area contributed by atoms with Gasteiger partial charge in [-0.05, 0) is 63.6 Å². The molecule has 0 fully saturated rings. The van der Waals surface area contributed by atoms with E-state index in [9.17, 15) is 29.0 Å². The van der Waals surface area contributed by atoms with Gasteiger partial charge in [0, 0.05) is 16.6 Å². The van der Waals surface area contributed by atoms with Crippen LogP contribution < -0.4 is 5.32 Å². The van der Waals surface area contributed by atoms with Crippen LogP contribution in [0.15, 0.2) is 30.3 Å². The lowest BCUT2D eigenvalue weighted by atomic mass is 9.95. The van der Waals surface area contributed by atoms with Crippen molar-refractivity contribution < 1.29 is 33.4 Å². The number of phenolic OH excluding ortho intramolecular Hbond substituents is 1. The van der Waals surface area contributed by atoms with Gasteiger partial charge in [-0.25, -0.2) is 13.6 Å². The number of phenols is 1. The Morgan fingerprint density at radius 1 is 1.15 bits per heavy atom. The Balaban J connectivity index is 2.22. The minimum Gasteiger partial charge on any atom is -0.505 e. The zero-order valence-electron chi connectivity index (χ0n) is 18.2. The van der Waals surface area contributed by atoms with Crippen molar-refractivity contribution >= 4 is 40.3 Å². The van der Waals surface area contributed by atoms with Crippen molar-refractivity contribution in [3.05, 3.63) is 63.8 Å². The lowest BCUT2D eigenvalue weighted by Crippen LogP contribution is -2.50. The van der Waals surface area contributed by atoms with E-state index in [4.69, 9.17) is 11.6 Å². The number of carbonyl (C=O) groups excluding carboxylic acids is 2. The van der Waals surface area contributed by atoms with Crippen LogP contribution in [-0.4, -0.2) is 38.1 Å². The fourth-order valence-electron chi connectivity index (χ4n) is 3.63. The van der Waals surface area contributed by atoms with E-state index in [1.165, 1.54) is 45.9 Å². The van der Waals surface area contributed by atoms with Gasteiger partial charge in [0.2, 0.25) is 5.91 Å². The summed E-state index contributed by atoms with van der Waals surface area (Å²) in [5.74, 6) is -6.35. The number of fused-ring (bicyclic) bond motifs is 1. The number of halogens is 3. The highest BCUT2D eigenvalue weighted by Gasteiger charge is 2.34. The average molecular weight is 479 g/mol. The molecule has 1 unspecified atom stereocenters. The van der Waals surface area contributed by atoms with Crippen LogP contribution in [0.5, 0.6) is 5.75 Å². The molecule has 3 rings (SSSR count). The maximum Gasteiger partial charge on any atom is 0.328 e. The molecule has 1 amide bonds. The molecule has 3 N–H and O–H groups in total. The van der Waals surface area contributed by atoms with Gasteiger partial charge in [0.05, 0.1) is 16.5 Å².